The van der Waals surface area contributed by atoms with Crippen LogP contribution in [0.4, 0.5) is 18.9 Å². The van der Waals surface area contributed by atoms with E-state index < -0.39 is 51.3 Å². The van der Waals surface area contributed by atoms with Crippen molar-refractivity contribution in [2.45, 2.75) is 6.18 Å². The molecule has 0 aromatic heterocycles. The van der Waals surface area contributed by atoms with E-state index in [1.807, 2.05) is 91.0 Å². The number of nitro benzene ring substituents is 1. The highest BCUT2D eigenvalue weighted by Gasteiger charge is 2.52. The second-order valence-electron chi connectivity index (χ2n) is 8.62. The second kappa shape index (κ2) is 14.5. The summed E-state index contributed by atoms with van der Waals surface area (Å²) in [6, 6.07) is 29.2. The van der Waals surface area contributed by atoms with Crippen LogP contribution in [0.1, 0.15) is 15.9 Å². The van der Waals surface area contributed by atoms with Gasteiger partial charge in [-0.3, -0.25) is 20.2 Å². The van der Waals surface area contributed by atoms with Crippen molar-refractivity contribution in [2.75, 3.05) is 0 Å². The molecule has 0 atom stereocenters. The molecular formula is C28H20Cl3F3N2O7P+. The van der Waals surface area contributed by atoms with Gasteiger partial charge in [-0.25, -0.2) is 0 Å². The molecule has 0 aliphatic heterocycles. The highest BCUT2D eigenvalue weighted by atomic mass is 35.7. The Morgan fingerprint density at radius 2 is 1.18 bits per heavy atom. The van der Waals surface area contributed by atoms with E-state index in [1.165, 1.54) is 0 Å². The Bertz CT molecular complexity index is 1530. The Morgan fingerprint density at radius 1 is 0.795 bits per heavy atom. The van der Waals surface area contributed by atoms with E-state index in [2.05, 4.69) is 5.32 Å². The number of halogens is 6. The van der Waals surface area contributed by atoms with Crippen molar-refractivity contribution in [1.82, 2.24) is 5.32 Å². The number of carbonyl (C=O) groups excluding carboxylic acids is 1. The summed E-state index contributed by atoms with van der Waals surface area (Å²) < 4.78 is 72.1. The van der Waals surface area contributed by atoms with Gasteiger partial charge < -0.3 is 0 Å². The van der Waals surface area contributed by atoms with Gasteiger partial charge in [0.1, 0.15) is 21.5 Å². The molecule has 0 saturated heterocycles. The van der Waals surface area contributed by atoms with Crippen LogP contribution in [0.15, 0.2) is 119 Å². The molecule has 0 saturated carbocycles. The zero-order valence-electron chi connectivity index (χ0n) is 22.0. The Balaban J connectivity index is 0.000000978. The highest BCUT2D eigenvalue weighted by molar-refractivity contribution is 7.99. The Hall–Kier alpha value is -3.58. The highest BCUT2D eigenvalue weighted by Crippen LogP contribution is 2.63. The fourth-order valence-corrected chi connectivity index (χ4v) is 9.18. The van der Waals surface area contributed by atoms with Gasteiger partial charge in [-0.1, -0.05) is 77.8 Å². The lowest BCUT2D eigenvalue weighted by molar-refractivity contribution is -1.92. The summed E-state index contributed by atoms with van der Waals surface area (Å²) in [7, 11) is -7.73. The number of hydrogen-bond acceptors (Lipinski definition) is 7. The molecule has 230 valence electrons. The molecule has 0 aliphatic carbocycles. The van der Waals surface area contributed by atoms with Crippen LogP contribution in [0.2, 0.25) is 0 Å². The van der Waals surface area contributed by atoms with E-state index in [-0.39, 0.29) is 9.93 Å². The van der Waals surface area contributed by atoms with Crippen molar-refractivity contribution in [3.8, 4) is 0 Å². The molecule has 0 radical (unpaired) electrons. The van der Waals surface area contributed by atoms with Gasteiger partial charge in [0, 0.05) is 6.07 Å². The molecule has 9 nitrogen and oxygen atoms in total. The van der Waals surface area contributed by atoms with Gasteiger partial charge in [-0.05, 0) is 48.5 Å². The van der Waals surface area contributed by atoms with Crippen molar-refractivity contribution in [3.63, 3.8) is 0 Å². The number of nitrogens with zero attached hydrogens (tertiary/aromatic N) is 1. The summed E-state index contributed by atoms with van der Waals surface area (Å²) in [5.74, 6) is -1.03. The molecule has 4 rings (SSSR count). The summed E-state index contributed by atoms with van der Waals surface area (Å²) in [5.41, 5.74) is -2.76. The van der Waals surface area contributed by atoms with Gasteiger partial charge in [0.2, 0.25) is 5.44 Å². The lowest BCUT2D eigenvalue weighted by Crippen LogP contribution is -2.58. The summed E-state index contributed by atoms with van der Waals surface area (Å²) in [5, 5.41) is 16.6. The SMILES string of the molecule is O=C(NC(=C(Cl)Cl)[P+](c1ccccc1)(c1ccccc1)c1ccccc1)c1ccc(C(F)(F)F)cc1[N+](=O)[O-].[O-][Cl+3]([O-])([O-])O. The summed E-state index contributed by atoms with van der Waals surface area (Å²) in [4.78, 5) is 24.2. The third kappa shape index (κ3) is 8.53. The number of nitro groups is 1. The predicted molar refractivity (Wildman–Crippen MR) is 152 cm³/mol. The predicted octanol–water partition coefficient (Wildman–Crippen LogP) is 2.82. The smallest absolute Gasteiger partial charge is 0.290 e. The van der Waals surface area contributed by atoms with Crippen molar-refractivity contribution < 1.29 is 51.8 Å². The molecule has 4 aromatic rings. The number of benzene rings is 4. The van der Waals surface area contributed by atoms with Crippen molar-refractivity contribution in [1.29, 1.82) is 0 Å². The van der Waals surface area contributed by atoms with Gasteiger partial charge >= 0.3 is 6.18 Å². The number of nitrogens with one attached hydrogen (secondary N) is 1. The van der Waals surface area contributed by atoms with Gasteiger partial charge in [0.05, 0.1) is 25.4 Å². The van der Waals surface area contributed by atoms with Gasteiger partial charge in [-0.15, -0.1) is 0 Å². The quantitative estimate of drug-likeness (QED) is 0.171. The Morgan fingerprint density at radius 3 is 1.50 bits per heavy atom. The molecule has 0 unspecified atom stereocenters. The average molecular weight is 691 g/mol. The Labute approximate surface area is 261 Å². The van der Waals surface area contributed by atoms with Crippen LogP contribution in [0.3, 0.4) is 0 Å². The first-order valence-corrected chi connectivity index (χ1v) is 15.8. The largest absolute Gasteiger partial charge is 0.416 e. The van der Waals surface area contributed by atoms with Crippen LogP contribution in [-0.4, -0.2) is 15.5 Å². The number of hydrogen-bond donors (Lipinski definition) is 2. The molecule has 1 amide bonds. The van der Waals surface area contributed by atoms with Gasteiger partial charge in [-0.2, -0.15) is 27.1 Å². The van der Waals surface area contributed by atoms with Gasteiger partial charge in [0.25, 0.3) is 11.6 Å². The molecule has 0 heterocycles. The van der Waals surface area contributed by atoms with E-state index in [0.29, 0.717) is 12.1 Å². The Kier molecular flexibility index (Phi) is 11.5. The lowest BCUT2D eigenvalue weighted by atomic mass is 10.1. The molecule has 44 heavy (non-hydrogen) atoms. The molecular weight excluding hydrogens is 671 g/mol. The second-order valence-corrected chi connectivity index (χ2v) is 13.7. The summed E-state index contributed by atoms with van der Waals surface area (Å²) >= 11 is 12.9. The topological polar surface area (TPSA) is 162 Å². The first-order valence-electron chi connectivity index (χ1n) is 12.0. The maximum Gasteiger partial charge on any atom is 0.416 e. The lowest BCUT2D eigenvalue weighted by Gasteiger charge is -2.29. The van der Waals surface area contributed by atoms with E-state index >= 15 is 0 Å². The molecule has 0 spiro atoms. The molecule has 16 heteroatoms. The molecule has 0 fully saturated rings. The van der Waals surface area contributed by atoms with Crippen LogP contribution in [0.5, 0.6) is 0 Å². The minimum Gasteiger partial charge on any atom is -0.290 e. The molecule has 2 N–H and O–H groups in total. The fourth-order valence-electron chi connectivity index (χ4n) is 4.27. The zero-order chi connectivity index (χ0) is 32.7. The van der Waals surface area contributed by atoms with Crippen LogP contribution in [0, 0.1) is 20.4 Å². The molecule has 0 aliphatic rings. The minimum absolute atomic E-state index is 0.0774. The van der Waals surface area contributed by atoms with Gasteiger partial charge in [0.15, 0.2) is 11.8 Å². The maximum absolute atomic E-state index is 13.6. The summed E-state index contributed by atoms with van der Waals surface area (Å²) in [6.45, 7) is 0. The molecule has 4 aromatic carbocycles. The number of rotatable bonds is 7. The van der Waals surface area contributed by atoms with Crippen LogP contribution < -0.4 is 35.2 Å². The zero-order valence-corrected chi connectivity index (χ0v) is 25.1. The van der Waals surface area contributed by atoms with Crippen LogP contribution >= 0.6 is 30.5 Å². The molecule has 0 bridgehead atoms. The monoisotopic (exact) mass is 689 g/mol. The third-order valence-electron chi connectivity index (χ3n) is 5.94. The first-order chi connectivity index (χ1) is 20.6. The average Bonchev–Trinajstić information content (AvgIpc) is 2.97. The van der Waals surface area contributed by atoms with Crippen LogP contribution in [0.25, 0.3) is 0 Å². The normalized spacial score (nSPS) is 11.6. The maximum atomic E-state index is 13.6. The number of amides is 1. The summed E-state index contributed by atoms with van der Waals surface area (Å²) in [6.07, 6.45) is -4.83. The fraction of sp³-hybridized carbons (Fsp3) is 0.0357. The first kappa shape index (κ1) is 34.9. The standard InChI is InChI=1S/C28H18Cl2F3N2O3P.ClHO4/c29-25(30)27(34-26(36)23-17-16-19(28(31,32)33)18-24(23)35(37)38)39(20-10-4-1-5-11-20,21-12-6-2-7-13-21)22-14-8-3-9-15-22;2-1(3,4)5/h1-18H;(H,2,3,4,5)/p+1. The minimum atomic E-state index is -4.83. The van der Waals surface area contributed by atoms with E-state index in [1.54, 1.807) is 0 Å². The van der Waals surface area contributed by atoms with E-state index in [0.717, 1.165) is 22.0 Å². The van der Waals surface area contributed by atoms with Crippen LogP contribution in [-0.2, 0) is 6.18 Å². The van der Waals surface area contributed by atoms with E-state index in [9.17, 15) is 28.1 Å². The van der Waals surface area contributed by atoms with E-state index in [4.69, 9.17) is 41.8 Å². The number of carbonyl (C=O) groups is 1. The van der Waals surface area contributed by atoms with Crippen molar-refractivity contribution >= 4 is 58.0 Å². The van der Waals surface area contributed by atoms with Crippen molar-refractivity contribution in [3.05, 3.63) is 140 Å². The number of alkyl halides is 3. The third-order valence-corrected chi connectivity index (χ3v) is 10.8. The van der Waals surface area contributed by atoms with Crippen molar-refractivity contribution in [2.24, 2.45) is 0 Å².